The van der Waals surface area contributed by atoms with Gasteiger partial charge in [0.15, 0.2) is 11.5 Å². The number of quaternary nitrogens is 1. The second-order valence-corrected chi connectivity index (χ2v) is 13.8. The SMILES string of the molecule is COc1cc2sc(CNC(=O)C3(CC(=O)OC(C)(C)C)Cc4ccccc4C3)nc2cc1OCCC[N+](C)(C)C. The minimum Gasteiger partial charge on any atom is -0.493 e. The molecule has 1 aromatic heterocycles. The maximum absolute atomic E-state index is 13.7. The van der Waals surface area contributed by atoms with E-state index in [2.05, 4.69) is 26.5 Å². The number of thiazole rings is 1. The molecule has 0 fully saturated rings. The van der Waals surface area contributed by atoms with E-state index in [1.807, 2.05) is 57.2 Å². The molecule has 1 heterocycles. The van der Waals surface area contributed by atoms with Gasteiger partial charge in [0.1, 0.15) is 10.6 Å². The van der Waals surface area contributed by atoms with Gasteiger partial charge in [-0.3, -0.25) is 9.59 Å². The van der Waals surface area contributed by atoms with Crippen molar-refractivity contribution in [1.29, 1.82) is 0 Å². The van der Waals surface area contributed by atoms with Crippen molar-refractivity contribution in [2.75, 3.05) is 41.4 Å². The van der Waals surface area contributed by atoms with Gasteiger partial charge in [0.25, 0.3) is 0 Å². The summed E-state index contributed by atoms with van der Waals surface area (Å²) < 4.78 is 19.1. The molecule has 0 aliphatic heterocycles. The van der Waals surface area contributed by atoms with Crippen LogP contribution in [0.2, 0.25) is 0 Å². The number of benzene rings is 2. The van der Waals surface area contributed by atoms with E-state index in [1.54, 1.807) is 7.11 Å². The number of carbonyl (C=O) groups excluding carboxylic acids is 2. The summed E-state index contributed by atoms with van der Waals surface area (Å²) in [6, 6.07) is 11.8. The zero-order chi connectivity index (χ0) is 29.1. The highest BCUT2D eigenvalue weighted by Crippen LogP contribution is 2.41. The number of esters is 1. The number of methoxy groups -OCH3 is 1. The molecule has 3 aromatic rings. The van der Waals surface area contributed by atoms with E-state index in [-0.39, 0.29) is 24.8 Å². The van der Waals surface area contributed by atoms with Crippen LogP contribution in [-0.2, 0) is 33.7 Å². The number of amides is 1. The van der Waals surface area contributed by atoms with Gasteiger partial charge in [-0.1, -0.05) is 24.3 Å². The van der Waals surface area contributed by atoms with Crippen molar-refractivity contribution in [3.05, 3.63) is 52.5 Å². The third-order valence-corrected chi connectivity index (χ3v) is 7.93. The summed E-state index contributed by atoms with van der Waals surface area (Å²) in [6.07, 6.45) is 1.95. The van der Waals surface area contributed by atoms with Crippen molar-refractivity contribution in [3.63, 3.8) is 0 Å². The molecular weight excluding hydrogens is 526 g/mol. The maximum Gasteiger partial charge on any atom is 0.307 e. The zero-order valence-electron chi connectivity index (χ0n) is 24.8. The Morgan fingerprint density at radius 3 is 2.35 bits per heavy atom. The Morgan fingerprint density at radius 1 is 1.07 bits per heavy atom. The predicted octanol–water partition coefficient (Wildman–Crippen LogP) is 4.91. The van der Waals surface area contributed by atoms with Gasteiger partial charge in [-0.2, -0.15) is 0 Å². The number of nitrogens with one attached hydrogen (secondary N) is 1. The molecule has 8 nitrogen and oxygen atoms in total. The van der Waals surface area contributed by atoms with Gasteiger partial charge in [-0.05, 0) is 44.7 Å². The summed E-state index contributed by atoms with van der Waals surface area (Å²) in [5.41, 5.74) is 1.49. The number of hydrogen-bond donors (Lipinski definition) is 1. The van der Waals surface area contributed by atoms with Crippen molar-refractivity contribution in [2.24, 2.45) is 5.41 Å². The molecule has 1 aliphatic rings. The van der Waals surface area contributed by atoms with E-state index in [1.165, 1.54) is 11.3 Å². The van der Waals surface area contributed by atoms with Crippen LogP contribution in [0.25, 0.3) is 10.2 Å². The summed E-state index contributed by atoms with van der Waals surface area (Å²) in [5, 5.41) is 3.86. The van der Waals surface area contributed by atoms with Crippen molar-refractivity contribution in [3.8, 4) is 11.5 Å². The molecule has 1 amide bonds. The Morgan fingerprint density at radius 2 is 1.75 bits per heavy atom. The summed E-state index contributed by atoms with van der Waals surface area (Å²) in [7, 11) is 8.11. The molecule has 40 heavy (non-hydrogen) atoms. The first-order chi connectivity index (χ1) is 18.8. The monoisotopic (exact) mass is 568 g/mol. The molecule has 0 saturated carbocycles. The highest BCUT2D eigenvalue weighted by atomic mass is 32.1. The third kappa shape index (κ3) is 7.52. The average molecular weight is 569 g/mol. The summed E-state index contributed by atoms with van der Waals surface area (Å²) >= 11 is 1.50. The molecular formula is C31H42N3O5S+. The highest BCUT2D eigenvalue weighted by Gasteiger charge is 2.46. The lowest BCUT2D eigenvalue weighted by Crippen LogP contribution is -2.44. The molecule has 0 radical (unpaired) electrons. The number of ether oxygens (including phenoxy) is 3. The van der Waals surface area contributed by atoms with Crippen LogP contribution in [0.15, 0.2) is 36.4 Å². The van der Waals surface area contributed by atoms with Crippen molar-refractivity contribution in [1.82, 2.24) is 10.3 Å². The Balaban J connectivity index is 1.47. The van der Waals surface area contributed by atoms with Crippen LogP contribution < -0.4 is 14.8 Å². The molecule has 0 unspecified atom stereocenters. The Kier molecular flexibility index (Phi) is 8.75. The van der Waals surface area contributed by atoms with E-state index in [4.69, 9.17) is 19.2 Å². The van der Waals surface area contributed by atoms with Gasteiger partial charge in [0.05, 0.1) is 70.0 Å². The quantitative estimate of drug-likeness (QED) is 0.201. The van der Waals surface area contributed by atoms with Crippen LogP contribution in [-0.4, -0.2) is 68.3 Å². The van der Waals surface area contributed by atoms with Crippen molar-refractivity contribution in [2.45, 2.75) is 58.6 Å². The molecule has 2 aromatic carbocycles. The molecule has 0 bridgehead atoms. The van der Waals surface area contributed by atoms with Gasteiger partial charge in [0, 0.05) is 18.6 Å². The fraction of sp³-hybridized carbons (Fsp3) is 0.516. The molecule has 216 valence electrons. The lowest BCUT2D eigenvalue weighted by atomic mass is 9.80. The van der Waals surface area contributed by atoms with Gasteiger partial charge in [-0.15, -0.1) is 11.3 Å². The molecule has 0 atom stereocenters. The lowest BCUT2D eigenvalue weighted by Gasteiger charge is -2.28. The van der Waals surface area contributed by atoms with E-state index in [0.29, 0.717) is 30.9 Å². The first-order valence-corrected chi connectivity index (χ1v) is 14.6. The Hall–Kier alpha value is -3.17. The van der Waals surface area contributed by atoms with Crippen LogP contribution in [0.5, 0.6) is 11.5 Å². The van der Waals surface area contributed by atoms with Gasteiger partial charge < -0.3 is 24.0 Å². The van der Waals surface area contributed by atoms with E-state index < -0.39 is 11.0 Å². The van der Waals surface area contributed by atoms with Crippen LogP contribution in [0.1, 0.15) is 49.7 Å². The first kappa shape index (κ1) is 29.8. The van der Waals surface area contributed by atoms with Gasteiger partial charge >= 0.3 is 5.97 Å². The maximum atomic E-state index is 13.7. The molecule has 0 saturated heterocycles. The first-order valence-electron chi connectivity index (χ1n) is 13.7. The average Bonchev–Trinajstić information content (AvgIpc) is 3.43. The van der Waals surface area contributed by atoms with Crippen LogP contribution in [0, 0.1) is 5.41 Å². The fourth-order valence-electron chi connectivity index (χ4n) is 5.11. The smallest absolute Gasteiger partial charge is 0.307 e. The van der Waals surface area contributed by atoms with E-state index in [0.717, 1.165) is 43.8 Å². The summed E-state index contributed by atoms with van der Waals surface area (Å²) in [5.74, 6) is 0.804. The second-order valence-electron chi connectivity index (χ2n) is 12.6. The van der Waals surface area contributed by atoms with E-state index >= 15 is 0 Å². The molecule has 9 heteroatoms. The normalized spacial score (nSPS) is 14.6. The number of fused-ring (bicyclic) bond motifs is 2. The van der Waals surface area contributed by atoms with Crippen molar-refractivity contribution >= 4 is 33.4 Å². The second kappa shape index (κ2) is 11.7. The molecule has 1 aliphatic carbocycles. The predicted molar refractivity (Wildman–Crippen MR) is 158 cm³/mol. The number of rotatable bonds is 11. The zero-order valence-corrected chi connectivity index (χ0v) is 25.6. The van der Waals surface area contributed by atoms with E-state index in [9.17, 15) is 9.59 Å². The lowest BCUT2D eigenvalue weighted by molar-refractivity contribution is -0.870. The minimum absolute atomic E-state index is 0.0244. The minimum atomic E-state index is -0.890. The number of aromatic nitrogens is 1. The number of hydrogen-bond acceptors (Lipinski definition) is 7. The molecule has 4 rings (SSSR count). The molecule has 0 spiro atoms. The highest BCUT2D eigenvalue weighted by molar-refractivity contribution is 7.18. The standard InChI is InChI=1S/C31H41N3O5S/c1-30(2,3)39-28(35)19-31(17-21-11-8-9-12-22(21)18-31)29(36)32-20-27-33-23-15-25(24(37-7)16-26(23)40-27)38-14-10-13-34(4,5)6/h8-9,11-12,15-16H,10,13-14,17-20H2,1-7H3/p+1. The third-order valence-electron chi connectivity index (χ3n) is 6.91. The van der Waals surface area contributed by atoms with Gasteiger partial charge in [-0.25, -0.2) is 4.98 Å². The van der Waals surface area contributed by atoms with Crippen LogP contribution in [0.4, 0.5) is 0 Å². The Bertz CT molecular complexity index is 1340. The largest absolute Gasteiger partial charge is 0.493 e. The fourth-order valence-corrected chi connectivity index (χ4v) is 6.03. The molecule has 1 N–H and O–H groups in total. The van der Waals surface area contributed by atoms with Crippen LogP contribution in [0.3, 0.4) is 0 Å². The number of carbonyl (C=O) groups is 2. The van der Waals surface area contributed by atoms with Gasteiger partial charge in [0.2, 0.25) is 5.91 Å². The number of nitrogens with zero attached hydrogens (tertiary/aromatic N) is 2. The Labute approximate surface area is 241 Å². The summed E-state index contributed by atoms with van der Waals surface area (Å²) in [4.78, 5) is 31.3. The van der Waals surface area contributed by atoms with Crippen LogP contribution >= 0.6 is 11.3 Å². The summed E-state index contributed by atoms with van der Waals surface area (Å²) in [6.45, 7) is 7.38. The topological polar surface area (TPSA) is 86.8 Å². The van der Waals surface area contributed by atoms with Crippen molar-refractivity contribution < 1.29 is 28.3 Å².